The monoisotopic (exact) mass is 474 g/mol. The largest absolute Gasteiger partial charge is 0.451 e. The molecule has 1 aliphatic rings. The third-order valence-corrected chi connectivity index (χ3v) is 8.02. The van der Waals surface area contributed by atoms with Gasteiger partial charge in [-0.2, -0.15) is 4.31 Å². The van der Waals surface area contributed by atoms with Crippen molar-refractivity contribution >= 4 is 44.3 Å². The van der Waals surface area contributed by atoms with Crippen molar-refractivity contribution in [2.45, 2.75) is 37.7 Å². The SMILES string of the molecule is Cc1[nH]c2ccccc2c1C(=O)C(C)OC(=O)c1ccc(Cl)c(S(=O)(=O)N2CCCC2)c1. The quantitative estimate of drug-likeness (QED) is 0.423. The van der Waals surface area contributed by atoms with Crippen LogP contribution in [0.15, 0.2) is 47.4 Å². The Balaban J connectivity index is 1.57. The Morgan fingerprint density at radius 1 is 1.12 bits per heavy atom. The van der Waals surface area contributed by atoms with E-state index in [-0.39, 0.29) is 21.3 Å². The lowest BCUT2D eigenvalue weighted by Crippen LogP contribution is -2.28. The van der Waals surface area contributed by atoms with Crippen molar-refractivity contribution in [2.75, 3.05) is 13.1 Å². The summed E-state index contributed by atoms with van der Waals surface area (Å²) >= 11 is 6.14. The van der Waals surface area contributed by atoms with Crippen LogP contribution in [-0.4, -0.2) is 48.7 Å². The standard InChI is InChI=1S/C23H23ClN2O5S/c1-14-21(17-7-3-4-8-19(17)25-14)22(27)15(2)31-23(28)16-9-10-18(24)20(13-16)32(29,30)26-11-5-6-12-26/h3-4,7-10,13,15,25H,5-6,11-12H2,1-2H3. The molecule has 2 aromatic carbocycles. The lowest BCUT2D eigenvalue weighted by atomic mass is 10.0. The van der Waals surface area contributed by atoms with Crippen LogP contribution in [0.1, 0.15) is 46.2 Å². The van der Waals surface area contributed by atoms with Crippen LogP contribution in [0.2, 0.25) is 5.02 Å². The molecule has 1 atom stereocenters. The van der Waals surface area contributed by atoms with Crippen LogP contribution < -0.4 is 0 Å². The zero-order valence-electron chi connectivity index (χ0n) is 17.7. The number of halogens is 1. The highest BCUT2D eigenvalue weighted by molar-refractivity contribution is 7.89. The number of para-hydroxylation sites is 1. The highest BCUT2D eigenvalue weighted by atomic mass is 35.5. The van der Waals surface area contributed by atoms with Gasteiger partial charge in [0.05, 0.1) is 10.6 Å². The van der Waals surface area contributed by atoms with E-state index in [0.29, 0.717) is 24.3 Å². The first-order valence-corrected chi connectivity index (χ1v) is 12.1. The third kappa shape index (κ3) is 4.05. The van der Waals surface area contributed by atoms with Crippen molar-refractivity contribution in [3.63, 3.8) is 0 Å². The van der Waals surface area contributed by atoms with Crippen LogP contribution in [0, 0.1) is 6.92 Å². The summed E-state index contributed by atoms with van der Waals surface area (Å²) in [5, 5.41) is 0.787. The summed E-state index contributed by atoms with van der Waals surface area (Å²) in [6.45, 7) is 4.13. The number of rotatable bonds is 6. The molecule has 1 saturated heterocycles. The van der Waals surface area contributed by atoms with Crippen molar-refractivity contribution < 1.29 is 22.7 Å². The molecule has 168 valence electrons. The predicted octanol–water partition coefficient (Wildman–Crippen LogP) is 4.34. The van der Waals surface area contributed by atoms with Gasteiger partial charge in [-0.25, -0.2) is 13.2 Å². The fraction of sp³-hybridized carbons (Fsp3) is 0.304. The second kappa shape index (κ2) is 8.69. The van der Waals surface area contributed by atoms with Gasteiger partial charge >= 0.3 is 5.97 Å². The summed E-state index contributed by atoms with van der Waals surface area (Å²) in [4.78, 5) is 28.8. The topological polar surface area (TPSA) is 96.5 Å². The number of ether oxygens (including phenoxy) is 1. The number of ketones is 1. The van der Waals surface area contributed by atoms with E-state index in [1.54, 1.807) is 6.92 Å². The summed E-state index contributed by atoms with van der Waals surface area (Å²) in [7, 11) is -3.81. The molecule has 9 heteroatoms. The van der Waals surface area contributed by atoms with Crippen LogP contribution in [0.5, 0.6) is 0 Å². The smallest absolute Gasteiger partial charge is 0.338 e. The minimum absolute atomic E-state index is 0.0162. The number of hydrogen-bond acceptors (Lipinski definition) is 5. The van der Waals surface area contributed by atoms with E-state index < -0.39 is 22.1 Å². The van der Waals surface area contributed by atoms with E-state index in [4.69, 9.17) is 16.3 Å². The van der Waals surface area contributed by atoms with Crippen molar-refractivity contribution in [2.24, 2.45) is 0 Å². The van der Waals surface area contributed by atoms with Crippen LogP contribution >= 0.6 is 11.6 Å². The molecule has 7 nitrogen and oxygen atoms in total. The first-order chi connectivity index (χ1) is 15.2. The number of fused-ring (bicyclic) bond motifs is 1. The molecule has 0 bridgehead atoms. The summed E-state index contributed by atoms with van der Waals surface area (Å²) in [5.41, 5.74) is 1.99. The van der Waals surface area contributed by atoms with Crippen LogP contribution in [0.4, 0.5) is 0 Å². The summed E-state index contributed by atoms with van der Waals surface area (Å²) in [6.07, 6.45) is 0.506. The molecule has 1 aliphatic heterocycles. The number of aryl methyl sites for hydroxylation is 1. The number of carbonyl (C=O) groups excluding carboxylic acids is 2. The highest BCUT2D eigenvalue weighted by Crippen LogP contribution is 2.29. The average molecular weight is 475 g/mol. The Bertz CT molecular complexity index is 1310. The number of benzene rings is 2. The van der Waals surface area contributed by atoms with E-state index in [1.165, 1.54) is 29.4 Å². The lowest BCUT2D eigenvalue weighted by molar-refractivity contribution is 0.0319. The van der Waals surface area contributed by atoms with Crippen molar-refractivity contribution in [3.05, 3.63) is 64.3 Å². The number of Topliss-reactive ketones (excluding diaryl/α,β-unsaturated/α-hetero) is 1. The van der Waals surface area contributed by atoms with E-state index in [0.717, 1.165) is 23.7 Å². The van der Waals surface area contributed by atoms with Gasteiger partial charge in [0.2, 0.25) is 15.8 Å². The van der Waals surface area contributed by atoms with E-state index in [2.05, 4.69) is 4.98 Å². The second-order valence-electron chi connectivity index (χ2n) is 7.84. The van der Waals surface area contributed by atoms with E-state index >= 15 is 0 Å². The molecular weight excluding hydrogens is 452 g/mol. The number of hydrogen-bond donors (Lipinski definition) is 1. The van der Waals surface area contributed by atoms with E-state index in [9.17, 15) is 18.0 Å². The lowest BCUT2D eigenvalue weighted by Gasteiger charge is -2.17. The molecule has 0 radical (unpaired) electrons. The molecule has 0 amide bonds. The molecule has 0 aliphatic carbocycles. The Labute approximate surface area is 191 Å². The zero-order chi connectivity index (χ0) is 23.0. The number of esters is 1. The Morgan fingerprint density at radius 2 is 1.81 bits per heavy atom. The van der Waals surface area contributed by atoms with Crippen molar-refractivity contribution in [1.82, 2.24) is 9.29 Å². The normalized spacial score (nSPS) is 15.7. The fourth-order valence-corrected chi connectivity index (χ4v) is 5.99. The molecule has 3 aromatic rings. The predicted molar refractivity (Wildman–Crippen MR) is 122 cm³/mol. The fourth-order valence-electron chi connectivity index (χ4n) is 3.98. The number of aromatic nitrogens is 1. The van der Waals surface area contributed by atoms with Crippen molar-refractivity contribution in [1.29, 1.82) is 0 Å². The number of aromatic amines is 1. The number of sulfonamides is 1. The molecule has 1 aromatic heterocycles. The number of nitrogens with zero attached hydrogens (tertiary/aromatic N) is 1. The molecule has 2 heterocycles. The summed E-state index contributed by atoms with van der Waals surface area (Å²) in [5.74, 6) is -1.13. The van der Waals surface area contributed by atoms with Gasteiger partial charge in [0.25, 0.3) is 0 Å². The Kier molecular flexibility index (Phi) is 6.11. The zero-order valence-corrected chi connectivity index (χ0v) is 19.3. The van der Waals surface area contributed by atoms with E-state index in [1.807, 2.05) is 24.3 Å². The van der Waals surface area contributed by atoms with Gasteiger partial charge in [-0.15, -0.1) is 0 Å². The van der Waals surface area contributed by atoms with Gasteiger partial charge in [-0.3, -0.25) is 4.79 Å². The molecule has 1 fully saturated rings. The third-order valence-electron chi connectivity index (χ3n) is 5.64. The van der Waals surface area contributed by atoms with Gasteiger partial charge in [0, 0.05) is 35.2 Å². The molecule has 4 rings (SSSR count). The molecule has 1 unspecified atom stereocenters. The second-order valence-corrected chi connectivity index (χ2v) is 10.2. The minimum Gasteiger partial charge on any atom is -0.451 e. The number of H-pyrrole nitrogens is 1. The Morgan fingerprint density at radius 3 is 2.53 bits per heavy atom. The van der Waals surface area contributed by atoms with Gasteiger partial charge in [0.15, 0.2) is 6.10 Å². The molecule has 0 spiro atoms. The highest BCUT2D eigenvalue weighted by Gasteiger charge is 2.31. The molecule has 0 saturated carbocycles. The minimum atomic E-state index is -3.81. The maximum atomic E-state index is 13.0. The summed E-state index contributed by atoms with van der Waals surface area (Å²) in [6, 6.07) is 11.4. The maximum Gasteiger partial charge on any atom is 0.338 e. The summed E-state index contributed by atoms with van der Waals surface area (Å²) < 4.78 is 32.6. The average Bonchev–Trinajstić information content (AvgIpc) is 3.41. The first-order valence-electron chi connectivity index (χ1n) is 10.3. The maximum absolute atomic E-state index is 13.0. The molecule has 32 heavy (non-hydrogen) atoms. The first kappa shape index (κ1) is 22.5. The number of carbonyl (C=O) groups is 2. The van der Waals surface area contributed by atoms with Gasteiger partial charge in [0.1, 0.15) is 4.90 Å². The van der Waals surface area contributed by atoms with Gasteiger partial charge in [-0.1, -0.05) is 29.8 Å². The van der Waals surface area contributed by atoms with Crippen molar-refractivity contribution in [3.8, 4) is 0 Å². The number of nitrogens with one attached hydrogen (secondary N) is 1. The van der Waals surface area contributed by atoms with Crippen LogP contribution in [0.3, 0.4) is 0 Å². The van der Waals surface area contributed by atoms with Gasteiger partial charge < -0.3 is 9.72 Å². The molecule has 1 N–H and O–H groups in total. The van der Waals surface area contributed by atoms with Gasteiger partial charge in [-0.05, 0) is 51.0 Å². The Hall–Kier alpha value is -2.68. The van der Waals surface area contributed by atoms with Crippen LogP contribution in [0.25, 0.3) is 10.9 Å². The molecular formula is C23H23ClN2O5S. The van der Waals surface area contributed by atoms with Crippen LogP contribution in [-0.2, 0) is 14.8 Å².